The molecule has 0 amide bonds. The fraction of sp³-hybridized carbons (Fsp3) is 0.318. The van der Waals surface area contributed by atoms with Gasteiger partial charge in [0.05, 0.1) is 11.5 Å². The summed E-state index contributed by atoms with van der Waals surface area (Å²) in [6, 6.07) is 6.19. The normalized spacial score (nSPS) is 23.9. The number of allylic oxidation sites excluding steroid dienone is 3. The number of nitrogens with two attached hydrogens (primary N) is 1. The molecule has 0 bridgehead atoms. The molecule has 4 rings (SSSR count). The number of halogens is 2. The molecule has 2 N–H and O–H groups in total. The van der Waals surface area contributed by atoms with Gasteiger partial charge >= 0.3 is 17.6 Å². The molecule has 2 aliphatic rings. The molecule has 1 aromatic carbocycles. The number of ether oxygens (including phenoxy) is 3. The Kier molecular flexibility index (Phi) is 7.30. The number of hydrogen-bond donors (Lipinski definition) is 1. The van der Waals surface area contributed by atoms with Gasteiger partial charge in [-0.1, -0.05) is 35.4 Å². The SMILES string of the molecule is Nc1ncn([C@H]2C[C@@H](OC(=O)C3C=CC(Cl)=CC3)[C@@H](COC(=O)c3ccc(Cl)cc3)O2)c(=O)n1. The Morgan fingerprint density at radius 1 is 1.24 bits per heavy atom. The second-order valence-electron chi connectivity index (χ2n) is 7.64. The lowest BCUT2D eigenvalue weighted by molar-refractivity contribution is -0.156. The van der Waals surface area contributed by atoms with Crippen LogP contribution in [0.25, 0.3) is 0 Å². The molecule has 10 nitrogen and oxygen atoms in total. The molecule has 1 aromatic heterocycles. The standard InChI is InChI=1S/C22H20Cl2N4O6/c23-14-5-1-12(2-6-14)19(29)32-10-17-16(34-20(30)13-3-7-15(24)8-4-13)9-18(33-17)28-11-26-21(25)27-22(28)31/h1-3,5-8,11,13,16-18H,4,9-10H2,(H2,25,27,31)/t13?,16-,17-,18-/m1/s1. The molecule has 1 aliphatic carbocycles. The van der Waals surface area contributed by atoms with E-state index in [1.807, 2.05) is 0 Å². The smallest absolute Gasteiger partial charge is 0.354 e. The average Bonchev–Trinajstić information content (AvgIpc) is 3.20. The second-order valence-corrected chi connectivity index (χ2v) is 8.51. The van der Waals surface area contributed by atoms with Crippen LogP contribution in [0.1, 0.15) is 29.4 Å². The highest BCUT2D eigenvalue weighted by Gasteiger charge is 2.41. The molecule has 0 saturated carbocycles. The lowest BCUT2D eigenvalue weighted by Crippen LogP contribution is -2.34. The predicted molar refractivity (Wildman–Crippen MR) is 122 cm³/mol. The number of carbonyl (C=O) groups excluding carboxylic acids is 2. The molecule has 1 fully saturated rings. The maximum absolute atomic E-state index is 12.7. The highest BCUT2D eigenvalue weighted by Crippen LogP contribution is 2.32. The molecule has 1 saturated heterocycles. The van der Waals surface area contributed by atoms with Gasteiger partial charge < -0.3 is 19.9 Å². The minimum absolute atomic E-state index is 0.120. The Hall–Kier alpha value is -3.21. The van der Waals surface area contributed by atoms with Crippen LogP contribution in [0.15, 0.2) is 58.6 Å². The summed E-state index contributed by atoms with van der Waals surface area (Å²) in [5.41, 5.74) is 5.08. The number of hydrogen-bond acceptors (Lipinski definition) is 9. The summed E-state index contributed by atoms with van der Waals surface area (Å²) in [6.07, 6.45) is 4.25. The van der Waals surface area contributed by atoms with Gasteiger partial charge in [0.2, 0.25) is 5.95 Å². The number of carbonyl (C=O) groups is 2. The zero-order valence-electron chi connectivity index (χ0n) is 17.7. The quantitative estimate of drug-likeness (QED) is 0.586. The van der Waals surface area contributed by atoms with Crippen LogP contribution in [0.2, 0.25) is 5.02 Å². The Bertz CT molecular complexity index is 1200. The van der Waals surface area contributed by atoms with Crippen molar-refractivity contribution in [2.24, 2.45) is 5.92 Å². The number of rotatable bonds is 6. The van der Waals surface area contributed by atoms with Crippen LogP contribution in [-0.2, 0) is 19.0 Å². The van der Waals surface area contributed by atoms with Crippen LogP contribution in [0.3, 0.4) is 0 Å². The van der Waals surface area contributed by atoms with Crippen molar-refractivity contribution < 1.29 is 23.8 Å². The number of esters is 2. The number of aromatic nitrogens is 3. The molecule has 12 heteroatoms. The van der Waals surface area contributed by atoms with Gasteiger partial charge in [-0.05, 0) is 36.8 Å². The highest BCUT2D eigenvalue weighted by molar-refractivity contribution is 6.31. The first-order valence-corrected chi connectivity index (χ1v) is 11.1. The van der Waals surface area contributed by atoms with Crippen molar-refractivity contribution in [2.45, 2.75) is 31.3 Å². The predicted octanol–water partition coefficient (Wildman–Crippen LogP) is 2.63. The molecule has 4 atom stereocenters. The summed E-state index contributed by atoms with van der Waals surface area (Å²) < 4.78 is 18.1. The summed E-state index contributed by atoms with van der Waals surface area (Å²) in [7, 11) is 0. The lowest BCUT2D eigenvalue weighted by atomic mass is 10.0. The van der Waals surface area contributed by atoms with E-state index in [4.69, 9.17) is 43.1 Å². The minimum Gasteiger partial charge on any atom is -0.459 e. The molecular formula is C22H20Cl2N4O6. The third-order valence-corrected chi connectivity index (χ3v) is 5.85. The Labute approximate surface area is 203 Å². The molecule has 2 heterocycles. The number of nitrogens with zero attached hydrogens (tertiary/aromatic N) is 3. The highest BCUT2D eigenvalue weighted by atomic mass is 35.5. The van der Waals surface area contributed by atoms with Crippen LogP contribution in [0, 0.1) is 5.92 Å². The van der Waals surface area contributed by atoms with Crippen LogP contribution in [0.5, 0.6) is 0 Å². The third kappa shape index (κ3) is 5.64. The van der Waals surface area contributed by atoms with E-state index in [-0.39, 0.29) is 19.0 Å². The topological polar surface area (TPSA) is 136 Å². The Morgan fingerprint density at radius 2 is 2.00 bits per heavy atom. The van der Waals surface area contributed by atoms with Gasteiger partial charge in [0, 0.05) is 16.5 Å². The van der Waals surface area contributed by atoms with E-state index in [1.165, 1.54) is 18.5 Å². The maximum Gasteiger partial charge on any atom is 0.354 e. The summed E-state index contributed by atoms with van der Waals surface area (Å²) in [4.78, 5) is 44.8. The van der Waals surface area contributed by atoms with Crippen LogP contribution >= 0.6 is 23.2 Å². The molecule has 0 radical (unpaired) electrons. The average molecular weight is 507 g/mol. The van der Waals surface area contributed by atoms with Gasteiger partial charge in [-0.15, -0.1) is 0 Å². The van der Waals surface area contributed by atoms with Gasteiger partial charge in [-0.2, -0.15) is 4.98 Å². The van der Waals surface area contributed by atoms with Crippen molar-refractivity contribution in [1.82, 2.24) is 14.5 Å². The molecule has 0 spiro atoms. The van der Waals surface area contributed by atoms with E-state index in [9.17, 15) is 14.4 Å². The van der Waals surface area contributed by atoms with Gasteiger partial charge in [0.15, 0.2) is 0 Å². The summed E-state index contributed by atoms with van der Waals surface area (Å²) in [5.74, 6) is -1.77. The summed E-state index contributed by atoms with van der Waals surface area (Å²) in [5, 5.41) is 1.03. The van der Waals surface area contributed by atoms with Crippen molar-refractivity contribution in [3.63, 3.8) is 0 Å². The van der Waals surface area contributed by atoms with Crippen LogP contribution < -0.4 is 11.4 Å². The van der Waals surface area contributed by atoms with Crippen molar-refractivity contribution >= 4 is 41.1 Å². The van der Waals surface area contributed by atoms with Crippen LogP contribution in [0.4, 0.5) is 5.95 Å². The lowest BCUT2D eigenvalue weighted by Gasteiger charge is -2.21. The van der Waals surface area contributed by atoms with Crippen molar-refractivity contribution in [3.05, 3.63) is 74.9 Å². The molecular weight excluding hydrogens is 487 g/mol. The van der Waals surface area contributed by atoms with Gasteiger partial charge in [-0.25, -0.2) is 14.6 Å². The fourth-order valence-corrected chi connectivity index (χ4v) is 3.82. The maximum atomic E-state index is 12.7. The first kappa shape index (κ1) is 23.9. The van der Waals surface area contributed by atoms with Gasteiger partial charge in [-0.3, -0.25) is 9.36 Å². The number of anilines is 1. The largest absolute Gasteiger partial charge is 0.459 e. The number of benzene rings is 1. The molecule has 2 aromatic rings. The molecule has 1 aliphatic heterocycles. The van der Waals surface area contributed by atoms with E-state index in [0.717, 1.165) is 4.57 Å². The Balaban J connectivity index is 1.47. The molecule has 1 unspecified atom stereocenters. The number of nitrogen functional groups attached to an aromatic ring is 1. The minimum atomic E-state index is -0.846. The van der Waals surface area contributed by atoms with E-state index in [1.54, 1.807) is 30.4 Å². The second kappa shape index (κ2) is 10.4. The first-order valence-electron chi connectivity index (χ1n) is 10.3. The Morgan fingerprint density at radius 3 is 2.68 bits per heavy atom. The monoisotopic (exact) mass is 506 g/mol. The van der Waals surface area contributed by atoms with E-state index in [2.05, 4.69) is 9.97 Å². The van der Waals surface area contributed by atoms with Crippen molar-refractivity contribution in [2.75, 3.05) is 12.3 Å². The van der Waals surface area contributed by atoms with Crippen LogP contribution in [-0.4, -0.2) is 45.3 Å². The first-order chi connectivity index (χ1) is 16.3. The van der Waals surface area contributed by atoms with E-state index < -0.39 is 42.0 Å². The summed E-state index contributed by atoms with van der Waals surface area (Å²) >= 11 is 11.8. The molecule has 178 valence electrons. The fourth-order valence-electron chi connectivity index (χ4n) is 3.53. The van der Waals surface area contributed by atoms with Gasteiger partial charge in [0.25, 0.3) is 0 Å². The van der Waals surface area contributed by atoms with E-state index >= 15 is 0 Å². The van der Waals surface area contributed by atoms with Crippen molar-refractivity contribution in [3.8, 4) is 0 Å². The molecule has 34 heavy (non-hydrogen) atoms. The zero-order chi connectivity index (χ0) is 24.2. The van der Waals surface area contributed by atoms with E-state index in [0.29, 0.717) is 22.0 Å². The third-order valence-electron chi connectivity index (χ3n) is 5.32. The zero-order valence-corrected chi connectivity index (χ0v) is 19.2. The van der Waals surface area contributed by atoms with Crippen molar-refractivity contribution in [1.29, 1.82) is 0 Å². The van der Waals surface area contributed by atoms with Gasteiger partial charge in [0.1, 0.15) is 31.4 Å². The summed E-state index contributed by atoms with van der Waals surface area (Å²) in [6.45, 7) is -0.216.